The average Bonchev–Trinajstić information content (AvgIpc) is 2.48. The molecule has 0 saturated carbocycles. The molecule has 0 bridgehead atoms. The van der Waals surface area contributed by atoms with Crippen molar-refractivity contribution in [3.05, 3.63) is 63.8 Å². The van der Waals surface area contributed by atoms with E-state index in [9.17, 15) is 9.59 Å². The quantitative estimate of drug-likeness (QED) is 0.818. The minimum atomic E-state index is -0.678. The lowest BCUT2D eigenvalue weighted by Crippen LogP contribution is -2.22. The summed E-state index contributed by atoms with van der Waals surface area (Å²) in [6.45, 7) is 2.46. The fourth-order valence-corrected chi connectivity index (χ4v) is 1.70. The Balaban J connectivity index is 1.94. The Morgan fingerprint density at radius 1 is 1.24 bits per heavy atom. The number of hydrogen-bond acceptors (Lipinski definition) is 5. The first-order valence-electron chi connectivity index (χ1n) is 6.57. The molecule has 0 aliphatic carbocycles. The van der Waals surface area contributed by atoms with Crippen molar-refractivity contribution in [1.29, 1.82) is 0 Å². The first-order valence-corrected chi connectivity index (χ1v) is 6.57. The van der Waals surface area contributed by atoms with E-state index in [4.69, 9.17) is 9.47 Å². The molecule has 0 atom stereocenters. The molecular formula is C15H16N2O4. The van der Waals surface area contributed by atoms with Crippen molar-refractivity contribution in [2.24, 2.45) is 0 Å². The molecule has 2 rings (SSSR count). The van der Waals surface area contributed by atoms with E-state index < -0.39 is 11.5 Å². The average molecular weight is 288 g/mol. The second kappa shape index (κ2) is 7.35. The highest BCUT2D eigenvalue weighted by molar-refractivity contribution is 5.88. The number of H-pyrrole nitrogens is 1. The summed E-state index contributed by atoms with van der Waals surface area (Å²) in [5.74, 6) is -0.313. The maximum atomic E-state index is 11.7. The number of carbonyl (C=O) groups excluding carboxylic acids is 1. The molecule has 6 heteroatoms. The molecule has 2 aromatic rings. The molecule has 0 aliphatic heterocycles. The van der Waals surface area contributed by atoms with Crippen LogP contribution in [0.25, 0.3) is 0 Å². The minimum absolute atomic E-state index is 0.108. The first-order chi connectivity index (χ1) is 10.2. The summed E-state index contributed by atoms with van der Waals surface area (Å²) in [7, 11) is 0. The number of ether oxygens (including phenoxy) is 2. The molecule has 6 nitrogen and oxygen atoms in total. The molecule has 1 aromatic carbocycles. The first kappa shape index (κ1) is 14.9. The number of benzene rings is 1. The monoisotopic (exact) mass is 288 g/mol. The van der Waals surface area contributed by atoms with E-state index in [2.05, 4.69) is 9.97 Å². The van der Waals surface area contributed by atoms with Crippen molar-refractivity contribution in [2.45, 2.75) is 20.1 Å². The van der Waals surface area contributed by atoms with Crippen molar-refractivity contribution in [2.75, 3.05) is 6.61 Å². The van der Waals surface area contributed by atoms with Gasteiger partial charge in [-0.15, -0.1) is 0 Å². The fourth-order valence-electron chi connectivity index (χ4n) is 1.70. The lowest BCUT2D eigenvalue weighted by atomic mass is 10.2. The van der Waals surface area contributed by atoms with E-state index in [0.29, 0.717) is 12.4 Å². The third-order valence-electron chi connectivity index (χ3n) is 2.70. The van der Waals surface area contributed by atoms with Crippen LogP contribution >= 0.6 is 0 Å². The molecule has 1 heterocycles. The number of carbonyl (C=O) groups is 1. The zero-order valence-corrected chi connectivity index (χ0v) is 11.7. The van der Waals surface area contributed by atoms with Crippen LogP contribution < -0.4 is 5.56 Å². The standard InChI is InChI=1S/C15H16N2O4/c1-2-21-15(19)12-8-16-13(17-14(12)18)10-20-9-11-6-4-3-5-7-11/h3-8H,2,9-10H2,1H3,(H,16,17,18). The van der Waals surface area contributed by atoms with Gasteiger partial charge in [-0.2, -0.15) is 0 Å². The van der Waals surface area contributed by atoms with Crippen LogP contribution in [0.5, 0.6) is 0 Å². The smallest absolute Gasteiger partial charge is 0.345 e. The fraction of sp³-hybridized carbons (Fsp3) is 0.267. The van der Waals surface area contributed by atoms with Gasteiger partial charge in [-0.1, -0.05) is 30.3 Å². The van der Waals surface area contributed by atoms with E-state index in [-0.39, 0.29) is 18.8 Å². The van der Waals surface area contributed by atoms with Gasteiger partial charge in [0.05, 0.1) is 13.2 Å². The third kappa shape index (κ3) is 4.25. The van der Waals surface area contributed by atoms with Crippen molar-refractivity contribution in [1.82, 2.24) is 9.97 Å². The van der Waals surface area contributed by atoms with Gasteiger partial charge in [0.1, 0.15) is 18.0 Å². The van der Waals surface area contributed by atoms with Gasteiger partial charge in [0.25, 0.3) is 5.56 Å². The second-order valence-electron chi connectivity index (χ2n) is 4.27. The van der Waals surface area contributed by atoms with E-state index in [0.717, 1.165) is 5.56 Å². The SMILES string of the molecule is CCOC(=O)c1cnc(COCc2ccccc2)[nH]c1=O. The van der Waals surface area contributed by atoms with Gasteiger partial charge in [-0.3, -0.25) is 4.79 Å². The predicted molar refractivity (Wildman–Crippen MR) is 75.7 cm³/mol. The molecule has 110 valence electrons. The number of rotatable bonds is 6. The van der Waals surface area contributed by atoms with Gasteiger partial charge in [-0.05, 0) is 12.5 Å². The Bertz CT molecular complexity index is 652. The van der Waals surface area contributed by atoms with E-state index >= 15 is 0 Å². The molecule has 0 amide bonds. The molecule has 21 heavy (non-hydrogen) atoms. The van der Waals surface area contributed by atoms with Gasteiger partial charge in [0.2, 0.25) is 0 Å². The molecule has 0 unspecified atom stereocenters. The Kier molecular flexibility index (Phi) is 5.22. The zero-order chi connectivity index (χ0) is 15.1. The van der Waals surface area contributed by atoms with Gasteiger partial charge in [0, 0.05) is 6.20 Å². The molecule has 0 spiro atoms. The van der Waals surface area contributed by atoms with Crippen molar-refractivity contribution >= 4 is 5.97 Å². The highest BCUT2D eigenvalue weighted by Crippen LogP contribution is 2.02. The summed E-state index contributed by atoms with van der Waals surface area (Å²) in [5, 5.41) is 0. The van der Waals surface area contributed by atoms with Crippen LogP contribution in [0.2, 0.25) is 0 Å². The lowest BCUT2D eigenvalue weighted by Gasteiger charge is -2.05. The van der Waals surface area contributed by atoms with E-state index in [1.807, 2.05) is 30.3 Å². The topological polar surface area (TPSA) is 81.3 Å². The molecule has 1 N–H and O–H groups in total. The molecule has 0 radical (unpaired) electrons. The van der Waals surface area contributed by atoms with Crippen LogP contribution in [0.15, 0.2) is 41.3 Å². The Labute approximate surface area is 121 Å². The number of esters is 1. The Morgan fingerprint density at radius 3 is 2.67 bits per heavy atom. The normalized spacial score (nSPS) is 10.3. The minimum Gasteiger partial charge on any atom is -0.462 e. The van der Waals surface area contributed by atoms with Crippen LogP contribution in [0, 0.1) is 0 Å². The maximum absolute atomic E-state index is 11.7. The molecule has 0 fully saturated rings. The Hall–Kier alpha value is -2.47. The molecule has 0 aliphatic rings. The van der Waals surface area contributed by atoms with Crippen molar-refractivity contribution in [3.63, 3.8) is 0 Å². The van der Waals surface area contributed by atoms with Crippen LogP contribution in [0.3, 0.4) is 0 Å². The Morgan fingerprint density at radius 2 is 2.00 bits per heavy atom. The van der Waals surface area contributed by atoms with E-state index in [1.165, 1.54) is 6.20 Å². The van der Waals surface area contributed by atoms with Gasteiger partial charge in [-0.25, -0.2) is 9.78 Å². The third-order valence-corrected chi connectivity index (χ3v) is 2.70. The number of nitrogens with one attached hydrogen (secondary N) is 1. The molecule has 0 saturated heterocycles. The lowest BCUT2D eigenvalue weighted by molar-refractivity contribution is 0.0523. The highest BCUT2D eigenvalue weighted by atomic mass is 16.5. The summed E-state index contributed by atoms with van der Waals surface area (Å²) in [5.41, 5.74) is 0.397. The van der Waals surface area contributed by atoms with Crippen molar-refractivity contribution < 1.29 is 14.3 Å². The van der Waals surface area contributed by atoms with Crippen LogP contribution in [0.4, 0.5) is 0 Å². The number of aromatic amines is 1. The van der Waals surface area contributed by atoms with Crippen LogP contribution in [0.1, 0.15) is 28.7 Å². The van der Waals surface area contributed by atoms with E-state index in [1.54, 1.807) is 6.92 Å². The number of aromatic nitrogens is 2. The maximum Gasteiger partial charge on any atom is 0.345 e. The largest absolute Gasteiger partial charge is 0.462 e. The van der Waals surface area contributed by atoms with Gasteiger partial charge >= 0.3 is 5.97 Å². The van der Waals surface area contributed by atoms with Crippen LogP contribution in [-0.4, -0.2) is 22.5 Å². The second-order valence-corrected chi connectivity index (χ2v) is 4.27. The summed E-state index contributed by atoms with van der Waals surface area (Å²) in [4.78, 5) is 29.7. The zero-order valence-electron chi connectivity index (χ0n) is 11.7. The molecule has 1 aromatic heterocycles. The predicted octanol–water partition coefficient (Wildman–Crippen LogP) is 1.66. The van der Waals surface area contributed by atoms with Gasteiger partial charge in [0.15, 0.2) is 0 Å². The number of hydrogen-bond donors (Lipinski definition) is 1. The van der Waals surface area contributed by atoms with Crippen molar-refractivity contribution in [3.8, 4) is 0 Å². The number of nitrogens with zero attached hydrogens (tertiary/aromatic N) is 1. The summed E-state index contributed by atoms with van der Waals surface area (Å²) >= 11 is 0. The summed E-state index contributed by atoms with van der Waals surface area (Å²) < 4.78 is 10.2. The highest BCUT2D eigenvalue weighted by Gasteiger charge is 2.12. The summed E-state index contributed by atoms with van der Waals surface area (Å²) in [6.07, 6.45) is 1.21. The molecular weight excluding hydrogens is 272 g/mol. The van der Waals surface area contributed by atoms with Crippen LogP contribution in [-0.2, 0) is 22.7 Å². The summed E-state index contributed by atoms with van der Waals surface area (Å²) in [6, 6.07) is 9.66. The van der Waals surface area contributed by atoms with Gasteiger partial charge < -0.3 is 14.5 Å².